The van der Waals surface area contributed by atoms with Crippen molar-refractivity contribution < 1.29 is 19.4 Å². The van der Waals surface area contributed by atoms with Crippen LogP contribution in [0, 0.1) is 19.8 Å². The van der Waals surface area contributed by atoms with Gasteiger partial charge in [-0.2, -0.15) is 0 Å². The van der Waals surface area contributed by atoms with E-state index in [2.05, 4.69) is 13.0 Å². The number of amides is 1. The molecule has 1 saturated carbocycles. The molecule has 1 N–H and O–H groups in total. The molecule has 1 aromatic rings. The molecular weight excluding hydrogens is 318 g/mol. The lowest BCUT2D eigenvalue weighted by Crippen LogP contribution is -2.44. The Balaban J connectivity index is 1.87. The van der Waals surface area contributed by atoms with E-state index in [1.807, 2.05) is 30.9 Å². The molecule has 0 aromatic heterocycles. The van der Waals surface area contributed by atoms with E-state index in [4.69, 9.17) is 9.47 Å². The van der Waals surface area contributed by atoms with Crippen molar-refractivity contribution in [3.63, 3.8) is 0 Å². The van der Waals surface area contributed by atoms with Crippen LogP contribution in [0.3, 0.4) is 0 Å². The third-order valence-corrected chi connectivity index (χ3v) is 5.05. The highest BCUT2D eigenvalue weighted by molar-refractivity contribution is 5.79. The topological polar surface area (TPSA) is 59.0 Å². The number of ether oxygens (including phenoxy) is 2. The van der Waals surface area contributed by atoms with Crippen molar-refractivity contribution in [3.8, 4) is 5.75 Å². The molecule has 0 bridgehead atoms. The van der Waals surface area contributed by atoms with Gasteiger partial charge in [0.2, 0.25) is 5.91 Å². The Morgan fingerprint density at radius 1 is 1.32 bits per heavy atom. The molecule has 25 heavy (non-hydrogen) atoms. The van der Waals surface area contributed by atoms with Crippen molar-refractivity contribution >= 4 is 5.91 Å². The van der Waals surface area contributed by atoms with Crippen LogP contribution in [0.5, 0.6) is 5.75 Å². The second-order valence-electron chi connectivity index (χ2n) is 6.89. The minimum Gasteiger partial charge on any atom is -0.491 e. The Labute approximate surface area is 150 Å². The van der Waals surface area contributed by atoms with E-state index >= 15 is 0 Å². The standard InChI is InChI=1S/C20H31NO4/c1-5-21(10-11-25-18-9-6-14(2)12-15(18)3)20(23)16-7-8-17(22)19(13-16)24-4/h6,9,12,16-17,19,22H,5,7-8,10-11,13H2,1-4H3/t16-,17+,19-/m1/s1. The molecule has 1 aliphatic carbocycles. The van der Waals surface area contributed by atoms with Gasteiger partial charge in [-0.3, -0.25) is 4.79 Å². The fourth-order valence-corrected chi connectivity index (χ4v) is 3.50. The van der Waals surface area contributed by atoms with E-state index in [0.29, 0.717) is 39.0 Å². The summed E-state index contributed by atoms with van der Waals surface area (Å²) in [6.07, 6.45) is 1.22. The van der Waals surface area contributed by atoms with Crippen LogP contribution in [-0.4, -0.2) is 54.9 Å². The molecule has 1 fully saturated rings. The first kappa shape index (κ1) is 19.7. The van der Waals surface area contributed by atoms with Gasteiger partial charge >= 0.3 is 0 Å². The van der Waals surface area contributed by atoms with Crippen molar-refractivity contribution in [1.29, 1.82) is 0 Å². The minimum atomic E-state index is -0.461. The van der Waals surface area contributed by atoms with Gasteiger partial charge in [-0.05, 0) is 51.7 Å². The van der Waals surface area contributed by atoms with E-state index < -0.39 is 6.10 Å². The van der Waals surface area contributed by atoms with Crippen LogP contribution in [0.1, 0.15) is 37.3 Å². The number of methoxy groups -OCH3 is 1. The summed E-state index contributed by atoms with van der Waals surface area (Å²) < 4.78 is 11.2. The van der Waals surface area contributed by atoms with Crippen LogP contribution in [0.15, 0.2) is 18.2 Å². The number of nitrogens with zero attached hydrogens (tertiary/aromatic N) is 1. The summed E-state index contributed by atoms with van der Waals surface area (Å²) in [4.78, 5) is 14.6. The maximum Gasteiger partial charge on any atom is 0.225 e. The third kappa shape index (κ3) is 5.19. The van der Waals surface area contributed by atoms with E-state index in [0.717, 1.165) is 11.3 Å². The van der Waals surface area contributed by atoms with Crippen molar-refractivity contribution in [1.82, 2.24) is 4.90 Å². The zero-order valence-electron chi connectivity index (χ0n) is 15.8. The van der Waals surface area contributed by atoms with E-state index in [1.165, 1.54) is 5.56 Å². The van der Waals surface area contributed by atoms with Gasteiger partial charge in [-0.15, -0.1) is 0 Å². The van der Waals surface area contributed by atoms with Gasteiger partial charge in [-0.25, -0.2) is 0 Å². The number of rotatable bonds is 7. The molecule has 1 aromatic carbocycles. The minimum absolute atomic E-state index is 0.0746. The number of carbonyl (C=O) groups is 1. The number of hydrogen-bond acceptors (Lipinski definition) is 4. The molecule has 5 nitrogen and oxygen atoms in total. The molecule has 0 radical (unpaired) electrons. The highest BCUT2D eigenvalue weighted by Gasteiger charge is 2.34. The summed E-state index contributed by atoms with van der Waals surface area (Å²) in [5.41, 5.74) is 2.32. The van der Waals surface area contributed by atoms with Crippen LogP contribution < -0.4 is 4.74 Å². The second-order valence-corrected chi connectivity index (χ2v) is 6.89. The van der Waals surface area contributed by atoms with Gasteiger partial charge in [0.1, 0.15) is 12.4 Å². The van der Waals surface area contributed by atoms with Gasteiger partial charge in [0, 0.05) is 19.6 Å². The third-order valence-electron chi connectivity index (χ3n) is 5.05. The SMILES string of the molecule is CCN(CCOc1ccc(C)cc1C)C(=O)[C@@H]1CC[C@H](O)[C@H](OC)C1. The smallest absolute Gasteiger partial charge is 0.225 e. The molecule has 1 amide bonds. The van der Waals surface area contributed by atoms with E-state index in [-0.39, 0.29) is 17.9 Å². The zero-order valence-corrected chi connectivity index (χ0v) is 15.8. The van der Waals surface area contributed by atoms with E-state index in [9.17, 15) is 9.90 Å². The highest BCUT2D eigenvalue weighted by Crippen LogP contribution is 2.28. The lowest BCUT2D eigenvalue weighted by molar-refractivity contribution is -0.141. The average molecular weight is 349 g/mol. The van der Waals surface area contributed by atoms with Crippen molar-refractivity contribution in [3.05, 3.63) is 29.3 Å². The van der Waals surface area contributed by atoms with Gasteiger partial charge < -0.3 is 19.5 Å². The predicted octanol–water partition coefficient (Wildman–Crippen LogP) is 2.71. The van der Waals surface area contributed by atoms with Crippen LogP contribution in [0.2, 0.25) is 0 Å². The van der Waals surface area contributed by atoms with Crippen LogP contribution >= 0.6 is 0 Å². The molecule has 3 atom stereocenters. The molecule has 0 saturated heterocycles. The molecule has 2 rings (SSSR count). The normalized spacial score (nSPS) is 23.3. The lowest BCUT2D eigenvalue weighted by Gasteiger charge is -2.34. The van der Waals surface area contributed by atoms with E-state index in [1.54, 1.807) is 7.11 Å². The van der Waals surface area contributed by atoms with Crippen LogP contribution in [-0.2, 0) is 9.53 Å². The summed E-state index contributed by atoms with van der Waals surface area (Å²) in [6.45, 7) is 7.78. The fourth-order valence-electron chi connectivity index (χ4n) is 3.50. The first-order chi connectivity index (χ1) is 12.0. The highest BCUT2D eigenvalue weighted by atomic mass is 16.5. The first-order valence-corrected chi connectivity index (χ1v) is 9.16. The molecule has 1 aliphatic rings. The van der Waals surface area contributed by atoms with Crippen molar-refractivity contribution in [2.75, 3.05) is 26.8 Å². The number of aliphatic hydroxyl groups is 1. The quantitative estimate of drug-likeness (QED) is 0.822. The van der Waals surface area contributed by atoms with Gasteiger partial charge in [0.25, 0.3) is 0 Å². The number of aliphatic hydroxyl groups excluding tert-OH is 1. The Bertz CT molecular complexity index is 575. The zero-order chi connectivity index (χ0) is 18.4. The molecule has 0 unspecified atom stereocenters. The monoisotopic (exact) mass is 349 g/mol. The molecule has 0 aliphatic heterocycles. The number of carbonyl (C=O) groups excluding carboxylic acids is 1. The molecule has 0 spiro atoms. The lowest BCUT2D eigenvalue weighted by atomic mass is 9.84. The second kappa shape index (κ2) is 9.20. The summed E-state index contributed by atoms with van der Waals surface area (Å²) in [7, 11) is 1.59. The summed E-state index contributed by atoms with van der Waals surface area (Å²) >= 11 is 0. The molecule has 0 heterocycles. The van der Waals surface area contributed by atoms with Crippen LogP contribution in [0.25, 0.3) is 0 Å². The predicted molar refractivity (Wildman–Crippen MR) is 97.8 cm³/mol. The number of likely N-dealkylation sites (N-methyl/N-ethyl adjacent to an activating group) is 1. The van der Waals surface area contributed by atoms with Crippen molar-refractivity contribution in [2.24, 2.45) is 5.92 Å². The average Bonchev–Trinajstić information content (AvgIpc) is 2.60. The van der Waals surface area contributed by atoms with Gasteiger partial charge in [0.05, 0.1) is 18.8 Å². The molecular formula is C20H31NO4. The summed E-state index contributed by atoms with van der Waals surface area (Å²) in [6, 6.07) is 6.11. The molecule has 5 heteroatoms. The first-order valence-electron chi connectivity index (χ1n) is 9.16. The van der Waals surface area contributed by atoms with Crippen molar-refractivity contribution in [2.45, 2.75) is 52.2 Å². The summed E-state index contributed by atoms with van der Waals surface area (Å²) in [5, 5.41) is 9.91. The van der Waals surface area contributed by atoms with Crippen LogP contribution in [0.4, 0.5) is 0 Å². The summed E-state index contributed by atoms with van der Waals surface area (Å²) in [5.74, 6) is 0.935. The Morgan fingerprint density at radius 3 is 2.72 bits per heavy atom. The van der Waals surface area contributed by atoms with Gasteiger partial charge in [0.15, 0.2) is 0 Å². The number of benzene rings is 1. The maximum absolute atomic E-state index is 12.8. The number of aryl methyl sites for hydroxylation is 2. The van der Waals surface area contributed by atoms with Gasteiger partial charge in [-0.1, -0.05) is 17.7 Å². The molecule has 140 valence electrons. The maximum atomic E-state index is 12.8. The fraction of sp³-hybridized carbons (Fsp3) is 0.650. The Kier molecular flexibility index (Phi) is 7.26. The Hall–Kier alpha value is -1.59. The Morgan fingerprint density at radius 2 is 2.08 bits per heavy atom. The largest absolute Gasteiger partial charge is 0.491 e. The number of hydrogen-bond donors (Lipinski definition) is 1.